The number of aromatic hydroxyl groups is 1. The Morgan fingerprint density at radius 1 is 1.53 bits per heavy atom. The van der Waals surface area contributed by atoms with Crippen molar-refractivity contribution >= 4 is 12.0 Å². The first kappa shape index (κ1) is 14.5. The molecule has 1 aromatic carbocycles. The highest BCUT2D eigenvalue weighted by Gasteiger charge is 2.11. The van der Waals surface area contributed by atoms with Gasteiger partial charge in [0.2, 0.25) is 0 Å². The predicted molar refractivity (Wildman–Crippen MR) is 66.3 cm³/mol. The predicted octanol–water partition coefficient (Wildman–Crippen LogP) is 0.843. The number of ether oxygens (including phenoxy) is 2. The number of carbonyl (C=O) groups excluding carboxylic acids is 1. The summed E-state index contributed by atoms with van der Waals surface area (Å²) in [7, 11) is 1.39. The van der Waals surface area contributed by atoms with Gasteiger partial charge >= 0.3 is 5.97 Å². The fraction of sp³-hybridized carbons (Fsp3) is 0.231. The van der Waals surface area contributed by atoms with Gasteiger partial charge in [-0.1, -0.05) is 6.07 Å². The van der Waals surface area contributed by atoms with Crippen LogP contribution < -0.4 is 4.74 Å². The van der Waals surface area contributed by atoms with E-state index in [0.29, 0.717) is 5.56 Å². The van der Waals surface area contributed by atoms with Crippen LogP contribution in [0.1, 0.15) is 5.56 Å². The molecule has 0 unspecified atom stereocenters. The first-order valence-corrected chi connectivity index (χ1v) is 5.39. The Bertz CT molecular complexity index is 530. The van der Waals surface area contributed by atoms with Crippen molar-refractivity contribution in [1.29, 1.82) is 5.26 Å². The Balaban J connectivity index is 2.98. The molecule has 0 radical (unpaired) electrons. The van der Waals surface area contributed by atoms with Crippen LogP contribution in [0.15, 0.2) is 23.8 Å². The lowest BCUT2D eigenvalue weighted by Gasteiger charge is -2.04. The van der Waals surface area contributed by atoms with Crippen LogP contribution >= 0.6 is 0 Å². The maximum atomic E-state index is 11.5. The van der Waals surface area contributed by atoms with E-state index >= 15 is 0 Å². The van der Waals surface area contributed by atoms with Crippen LogP contribution in [0, 0.1) is 11.3 Å². The van der Waals surface area contributed by atoms with Crippen LogP contribution in [-0.4, -0.2) is 36.5 Å². The second-order valence-electron chi connectivity index (χ2n) is 3.46. The smallest absolute Gasteiger partial charge is 0.348 e. The van der Waals surface area contributed by atoms with E-state index in [0.717, 1.165) is 0 Å². The zero-order chi connectivity index (χ0) is 14.3. The highest BCUT2D eigenvalue weighted by atomic mass is 16.5. The van der Waals surface area contributed by atoms with Gasteiger partial charge < -0.3 is 19.7 Å². The molecular weight excluding hydrogens is 250 g/mol. The zero-order valence-electron chi connectivity index (χ0n) is 10.3. The number of hydrogen-bond donors (Lipinski definition) is 2. The van der Waals surface area contributed by atoms with Crippen molar-refractivity contribution in [3.8, 4) is 17.6 Å². The van der Waals surface area contributed by atoms with Gasteiger partial charge in [0, 0.05) is 0 Å². The van der Waals surface area contributed by atoms with Crippen molar-refractivity contribution in [2.24, 2.45) is 0 Å². The lowest BCUT2D eigenvalue weighted by molar-refractivity contribution is -0.139. The standard InChI is InChI=1S/C13H13NO5/c1-18-12-7-9(2-3-11(12)16)6-10(8-14)13(17)19-5-4-15/h2-3,6-7,15-16H,4-5H2,1H3/b10-6+. The summed E-state index contributed by atoms with van der Waals surface area (Å²) in [6.07, 6.45) is 1.31. The van der Waals surface area contributed by atoms with Crippen LogP contribution in [0.2, 0.25) is 0 Å². The van der Waals surface area contributed by atoms with E-state index in [2.05, 4.69) is 4.74 Å². The fourth-order valence-electron chi connectivity index (χ4n) is 1.30. The molecule has 1 rings (SSSR count). The van der Waals surface area contributed by atoms with Gasteiger partial charge in [0.25, 0.3) is 0 Å². The van der Waals surface area contributed by atoms with Gasteiger partial charge in [0.1, 0.15) is 18.2 Å². The van der Waals surface area contributed by atoms with Crippen molar-refractivity contribution in [1.82, 2.24) is 0 Å². The number of rotatable bonds is 5. The molecule has 0 bridgehead atoms. The summed E-state index contributed by atoms with van der Waals surface area (Å²) in [5.74, 6) is -0.626. The molecule has 0 aliphatic rings. The first-order chi connectivity index (χ1) is 9.12. The first-order valence-electron chi connectivity index (χ1n) is 5.39. The van der Waals surface area contributed by atoms with E-state index in [-0.39, 0.29) is 30.3 Å². The molecule has 0 atom stereocenters. The Hall–Kier alpha value is -2.52. The van der Waals surface area contributed by atoms with Crippen molar-refractivity contribution in [2.75, 3.05) is 20.3 Å². The molecule has 0 aliphatic heterocycles. The Morgan fingerprint density at radius 2 is 2.26 bits per heavy atom. The Labute approximate surface area is 110 Å². The van der Waals surface area contributed by atoms with E-state index in [1.54, 1.807) is 6.07 Å². The molecule has 0 spiro atoms. The number of esters is 1. The average molecular weight is 263 g/mol. The summed E-state index contributed by atoms with van der Waals surface area (Å²) >= 11 is 0. The number of methoxy groups -OCH3 is 1. The van der Waals surface area contributed by atoms with Crippen molar-refractivity contribution in [3.63, 3.8) is 0 Å². The number of hydrogen-bond acceptors (Lipinski definition) is 6. The molecule has 0 saturated heterocycles. The average Bonchev–Trinajstić information content (AvgIpc) is 2.43. The summed E-state index contributed by atoms with van der Waals surface area (Å²) in [5.41, 5.74) is 0.299. The zero-order valence-corrected chi connectivity index (χ0v) is 10.3. The number of benzene rings is 1. The van der Waals surface area contributed by atoms with Crippen LogP contribution in [-0.2, 0) is 9.53 Å². The highest BCUT2D eigenvalue weighted by Crippen LogP contribution is 2.27. The van der Waals surface area contributed by atoms with Crippen LogP contribution in [0.5, 0.6) is 11.5 Å². The molecule has 0 aliphatic carbocycles. The number of nitriles is 1. The lowest BCUT2D eigenvalue weighted by Crippen LogP contribution is -2.10. The van der Waals surface area contributed by atoms with E-state index in [1.807, 2.05) is 0 Å². The SMILES string of the molecule is COc1cc(/C=C(\C#N)C(=O)OCCO)ccc1O. The molecule has 0 heterocycles. The summed E-state index contributed by atoms with van der Waals surface area (Å²) in [6, 6.07) is 6.10. The van der Waals surface area contributed by atoms with Crippen LogP contribution in [0.4, 0.5) is 0 Å². The molecule has 6 heteroatoms. The molecule has 100 valence electrons. The summed E-state index contributed by atoms with van der Waals surface area (Å²) in [4.78, 5) is 11.5. The molecule has 0 amide bonds. The second-order valence-corrected chi connectivity index (χ2v) is 3.46. The van der Waals surface area contributed by atoms with E-state index in [4.69, 9.17) is 15.1 Å². The van der Waals surface area contributed by atoms with Crippen molar-refractivity contribution < 1.29 is 24.5 Å². The Morgan fingerprint density at radius 3 is 2.84 bits per heavy atom. The quantitative estimate of drug-likeness (QED) is 0.464. The van der Waals surface area contributed by atoms with Gasteiger partial charge in [-0.05, 0) is 23.8 Å². The molecule has 2 N–H and O–H groups in total. The number of aliphatic hydroxyl groups excluding tert-OH is 1. The van der Waals surface area contributed by atoms with Gasteiger partial charge in [0.15, 0.2) is 11.5 Å². The molecular formula is C13H13NO5. The Kier molecular flexibility index (Phi) is 5.38. The van der Waals surface area contributed by atoms with Crippen molar-refractivity contribution in [3.05, 3.63) is 29.3 Å². The third kappa shape index (κ3) is 4.01. The van der Waals surface area contributed by atoms with E-state index in [1.165, 1.54) is 31.4 Å². The number of phenolic OH excluding ortho intramolecular Hbond substituents is 1. The summed E-state index contributed by atoms with van der Waals surface area (Å²) in [5, 5.41) is 26.8. The topological polar surface area (TPSA) is 99.8 Å². The van der Waals surface area contributed by atoms with Gasteiger partial charge in [-0.3, -0.25) is 0 Å². The monoisotopic (exact) mass is 263 g/mol. The maximum Gasteiger partial charge on any atom is 0.348 e. The molecule has 1 aromatic rings. The summed E-state index contributed by atoms with van der Waals surface area (Å²) < 4.78 is 9.55. The third-order valence-electron chi connectivity index (χ3n) is 2.18. The second kappa shape index (κ2) is 7.03. The van der Waals surface area contributed by atoms with Gasteiger partial charge in [-0.25, -0.2) is 4.79 Å². The van der Waals surface area contributed by atoms with Gasteiger partial charge in [-0.15, -0.1) is 0 Å². The van der Waals surface area contributed by atoms with E-state index in [9.17, 15) is 9.90 Å². The highest BCUT2D eigenvalue weighted by molar-refractivity contribution is 5.97. The van der Waals surface area contributed by atoms with Crippen LogP contribution in [0.3, 0.4) is 0 Å². The lowest BCUT2D eigenvalue weighted by atomic mass is 10.1. The van der Waals surface area contributed by atoms with E-state index < -0.39 is 5.97 Å². The molecule has 0 fully saturated rings. The minimum atomic E-state index is -0.816. The molecule has 0 aromatic heterocycles. The largest absolute Gasteiger partial charge is 0.504 e. The third-order valence-corrected chi connectivity index (χ3v) is 2.18. The molecule has 0 saturated carbocycles. The minimum Gasteiger partial charge on any atom is -0.504 e. The number of nitrogens with zero attached hydrogens (tertiary/aromatic N) is 1. The van der Waals surface area contributed by atoms with Crippen molar-refractivity contribution in [2.45, 2.75) is 0 Å². The number of carbonyl (C=O) groups is 1. The molecule has 19 heavy (non-hydrogen) atoms. The normalized spacial score (nSPS) is 10.7. The fourth-order valence-corrected chi connectivity index (χ4v) is 1.30. The van der Waals surface area contributed by atoms with Gasteiger partial charge in [-0.2, -0.15) is 5.26 Å². The maximum absolute atomic E-state index is 11.5. The summed E-state index contributed by atoms with van der Waals surface area (Å²) in [6.45, 7) is -0.478. The number of aliphatic hydroxyl groups is 1. The van der Waals surface area contributed by atoms with Crippen LogP contribution in [0.25, 0.3) is 6.08 Å². The minimum absolute atomic E-state index is 0.0407. The molecule has 6 nitrogen and oxygen atoms in total. The number of phenols is 1. The van der Waals surface area contributed by atoms with Gasteiger partial charge in [0.05, 0.1) is 13.7 Å².